The number of carboxylic acid groups (broad SMARTS) is 1. The third kappa shape index (κ3) is 3.35. The SMILES string of the molecule is O=C(O)OC1([N+]2(Cc3ccccc3)CCCCC2)CCNCC1. The number of benzene rings is 1. The van der Waals surface area contributed by atoms with Gasteiger partial charge in [0, 0.05) is 18.7 Å². The number of ether oxygens (including phenoxy) is 1. The molecule has 2 aliphatic heterocycles. The molecule has 0 bridgehead atoms. The zero-order valence-corrected chi connectivity index (χ0v) is 13.7. The molecule has 3 rings (SSSR count). The van der Waals surface area contributed by atoms with Crippen LogP contribution in [-0.2, 0) is 11.3 Å². The predicted molar refractivity (Wildman–Crippen MR) is 87.9 cm³/mol. The van der Waals surface area contributed by atoms with Crippen molar-refractivity contribution in [2.45, 2.75) is 44.4 Å². The number of rotatable bonds is 4. The van der Waals surface area contributed by atoms with Crippen LogP contribution in [0.2, 0.25) is 0 Å². The maximum absolute atomic E-state index is 11.5. The van der Waals surface area contributed by atoms with E-state index in [-0.39, 0.29) is 0 Å². The lowest BCUT2D eigenvalue weighted by Gasteiger charge is -2.54. The van der Waals surface area contributed by atoms with Gasteiger partial charge in [-0.15, -0.1) is 0 Å². The number of nitrogens with one attached hydrogen (secondary N) is 1. The van der Waals surface area contributed by atoms with Gasteiger partial charge in [0.25, 0.3) is 5.72 Å². The van der Waals surface area contributed by atoms with Crippen molar-refractivity contribution in [1.82, 2.24) is 5.32 Å². The first kappa shape index (κ1) is 16.3. The maximum atomic E-state index is 11.5. The zero-order valence-electron chi connectivity index (χ0n) is 13.7. The van der Waals surface area contributed by atoms with Crippen molar-refractivity contribution < 1.29 is 19.1 Å². The van der Waals surface area contributed by atoms with E-state index < -0.39 is 11.9 Å². The topological polar surface area (TPSA) is 58.6 Å². The minimum atomic E-state index is -1.14. The van der Waals surface area contributed by atoms with Gasteiger partial charge in [-0.05, 0) is 19.3 Å². The van der Waals surface area contributed by atoms with Gasteiger partial charge in [-0.1, -0.05) is 30.3 Å². The molecule has 0 amide bonds. The minimum Gasteiger partial charge on any atom is -0.450 e. The average molecular weight is 319 g/mol. The number of likely N-dealkylation sites (tertiary alicyclic amines) is 1. The summed E-state index contributed by atoms with van der Waals surface area (Å²) < 4.78 is 6.40. The average Bonchev–Trinajstić information content (AvgIpc) is 2.57. The largest absolute Gasteiger partial charge is 0.510 e. The Kier molecular flexibility index (Phi) is 4.87. The minimum absolute atomic E-state index is 0.604. The van der Waals surface area contributed by atoms with E-state index in [1.807, 2.05) is 6.07 Å². The quantitative estimate of drug-likeness (QED) is 0.662. The standard InChI is InChI=1S/C18H26N2O3/c21-17(22)23-18(9-11-19-12-10-18)20(13-5-2-6-14-20)15-16-7-3-1-4-8-16/h1,3-4,7-8,19H,2,5-6,9-15H2/p+1. The Hall–Kier alpha value is -1.59. The normalized spacial score (nSPS) is 23.1. The second-order valence-corrected chi connectivity index (χ2v) is 6.86. The highest BCUT2D eigenvalue weighted by molar-refractivity contribution is 5.57. The summed E-state index contributed by atoms with van der Waals surface area (Å²) in [6.07, 6.45) is 3.90. The Morgan fingerprint density at radius 2 is 1.78 bits per heavy atom. The smallest absolute Gasteiger partial charge is 0.450 e. The van der Waals surface area contributed by atoms with Gasteiger partial charge in [0.2, 0.25) is 0 Å². The molecule has 0 unspecified atom stereocenters. The Bertz CT molecular complexity index is 520. The molecule has 5 heteroatoms. The highest BCUT2D eigenvalue weighted by Gasteiger charge is 2.55. The molecular weight excluding hydrogens is 292 g/mol. The van der Waals surface area contributed by atoms with Gasteiger partial charge in [-0.3, -0.25) is 4.48 Å². The van der Waals surface area contributed by atoms with Crippen LogP contribution in [-0.4, -0.2) is 47.6 Å². The molecule has 23 heavy (non-hydrogen) atoms. The second kappa shape index (κ2) is 6.89. The Morgan fingerprint density at radius 3 is 2.39 bits per heavy atom. The third-order valence-electron chi connectivity index (χ3n) is 5.53. The lowest BCUT2D eigenvalue weighted by molar-refractivity contribution is -1.01. The molecule has 2 saturated heterocycles. The lowest BCUT2D eigenvalue weighted by Crippen LogP contribution is -2.70. The molecule has 126 valence electrons. The molecule has 2 heterocycles. The molecular formula is C18H27N2O3+. The summed E-state index contributed by atoms with van der Waals surface area (Å²) in [5.41, 5.74) is 0.661. The Morgan fingerprint density at radius 1 is 1.13 bits per heavy atom. The number of carbonyl (C=O) groups is 1. The van der Waals surface area contributed by atoms with Crippen molar-refractivity contribution in [2.75, 3.05) is 26.2 Å². The van der Waals surface area contributed by atoms with Crippen LogP contribution in [0.4, 0.5) is 4.79 Å². The maximum Gasteiger partial charge on any atom is 0.510 e. The fourth-order valence-electron chi connectivity index (χ4n) is 4.41. The summed E-state index contributed by atoms with van der Waals surface area (Å²) in [6, 6.07) is 10.4. The second-order valence-electron chi connectivity index (χ2n) is 6.86. The van der Waals surface area contributed by atoms with Crippen LogP contribution in [0, 0.1) is 0 Å². The summed E-state index contributed by atoms with van der Waals surface area (Å²) in [6.45, 7) is 4.50. The van der Waals surface area contributed by atoms with Crippen LogP contribution in [0.1, 0.15) is 37.7 Å². The first-order chi connectivity index (χ1) is 11.2. The van der Waals surface area contributed by atoms with Gasteiger partial charge in [0.05, 0.1) is 25.9 Å². The molecule has 0 aromatic heterocycles. The molecule has 0 radical (unpaired) electrons. The Balaban J connectivity index is 1.96. The molecule has 0 saturated carbocycles. The summed E-state index contributed by atoms with van der Waals surface area (Å²) >= 11 is 0. The number of piperidine rings is 2. The summed E-state index contributed by atoms with van der Waals surface area (Å²) in [4.78, 5) is 11.5. The first-order valence-corrected chi connectivity index (χ1v) is 8.69. The van der Waals surface area contributed by atoms with E-state index in [9.17, 15) is 9.90 Å². The van der Waals surface area contributed by atoms with Gasteiger partial charge in [-0.2, -0.15) is 0 Å². The Labute approximate surface area is 137 Å². The molecule has 2 fully saturated rings. The van der Waals surface area contributed by atoms with Crippen LogP contribution >= 0.6 is 0 Å². The number of hydrogen-bond acceptors (Lipinski definition) is 3. The van der Waals surface area contributed by atoms with E-state index in [4.69, 9.17) is 4.74 Å². The molecule has 0 spiro atoms. The van der Waals surface area contributed by atoms with Gasteiger partial charge < -0.3 is 15.2 Å². The van der Waals surface area contributed by atoms with Gasteiger partial charge in [0.15, 0.2) is 0 Å². The summed E-state index contributed by atoms with van der Waals surface area (Å²) in [5, 5.41) is 12.7. The van der Waals surface area contributed by atoms with E-state index in [1.54, 1.807) is 0 Å². The molecule has 0 aliphatic carbocycles. The highest BCUT2D eigenvalue weighted by atomic mass is 16.7. The number of nitrogens with zero attached hydrogens (tertiary/aromatic N) is 1. The summed E-state index contributed by atoms with van der Waals surface area (Å²) in [5.74, 6) is 0. The van der Waals surface area contributed by atoms with Crippen molar-refractivity contribution >= 4 is 6.16 Å². The summed E-state index contributed by atoms with van der Waals surface area (Å²) in [7, 11) is 0. The lowest BCUT2D eigenvalue weighted by atomic mass is 9.91. The molecule has 5 nitrogen and oxygen atoms in total. The fourth-order valence-corrected chi connectivity index (χ4v) is 4.41. The van der Waals surface area contributed by atoms with Crippen molar-refractivity contribution in [2.24, 2.45) is 0 Å². The first-order valence-electron chi connectivity index (χ1n) is 8.69. The molecule has 1 aromatic carbocycles. The van der Waals surface area contributed by atoms with Crippen LogP contribution < -0.4 is 5.32 Å². The van der Waals surface area contributed by atoms with Crippen molar-refractivity contribution in [3.05, 3.63) is 35.9 Å². The monoisotopic (exact) mass is 319 g/mol. The molecule has 2 aliphatic rings. The highest BCUT2D eigenvalue weighted by Crippen LogP contribution is 2.40. The third-order valence-corrected chi connectivity index (χ3v) is 5.53. The number of hydrogen-bond donors (Lipinski definition) is 2. The van der Waals surface area contributed by atoms with Crippen molar-refractivity contribution in [3.8, 4) is 0 Å². The van der Waals surface area contributed by atoms with E-state index >= 15 is 0 Å². The van der Waals surface area contributed by atoms with Crippen LogP contribution in [0.3, 0.4) is 0 Å². The predicted octanol–water partition coefficient (Wildman–Crippen LogP) is 2.96. The van der Waals surface area contributed by atoms with Crippen LogP contribution in [0.5, 0.6) is 0 Å². The zero-order chi connectivity index (χ0) is 16.2. The van der Waals surface area contributed by atoms with E-state index in [0.29, 0.717) is 0 Å². The van der Waals surface area contributed by atoms with Gasteiger partial charge in [0.1, 0.15) is 6.54 Å². The molecule has 0 atom stereocenters. The number of quaternary nitrogens is 1. The van der Waals surface area contributed by atoms with Crippen LogP contribution in [0.15, 0.2) is 30.3 Å². The van der Waals surface area contributed by atoms with E-state index in [0.717, 1.165) is 62.9 Å². The van der Waals surface area contributed by atoms with Gasteiger partial charge >= 0.3 is 6.16 Å². The fraction of sp³-hybridized carbons (Fsp3) is 0.611. The van der Waals surface area contributed by atoms with Crippen molar-refractivity contribution in [3.63, 3.8) is 0 Å². The van der Waals surface area contributed by atoms with E-state index in [2.05, 4.69) is 29.6 Å². The van der Waals surface area contributed by atoms with E-state index in [1.165, 1.54) is 12.0 Å². The van der Waals surface area contributed by atoms with Gasteiger partial charge in [-0.25, -0.2) is 4.79 Å². The molecule has 1 aromatic rings. The van der Waals surface area contributed by atoms with Crippen LogP contribution in [0.25, 0.3) is 0 Å². The van der Waals surface area contributed by atoms with Crippen molar-refractivity contribution in [1.29, 1.82) is 0 Å². The molecule has 2 N–H and O–H groups in total.